The number of hydrogen-bond donors (Lipinski definition) is 1. The fourth-order valence-corrected chi connectivity index (χ4v) is 4.11. The molecule has 1 N–H and O–H groups in total. The van der Waals surface area contributed by atoms with Gasteiger partial charge in [-0.1, -0.05) is 0 Å². The number of hydrogen-bond acceptors (Lipinski definition) is 5. The Kier molecular flexibility index (Phi) is 4.61. The fraction of sp³-hybridized carbons (Fsp3) is 0.875. The van der Waals surface area contributed by atoms with Crippen LogP contribution in [0.2, 0.25) is 0 Å². The minimum atomic E-state index is -0.501. The molecule has 21 heavy (non-hydrogen) atoms. The van der Waals surface area contributed by atoms with Crippen LogP contribution in [-0.2, 0) is 19.1 Å². The zero-order valence-electron chi connectivity index (χ0n) is 13.3. The van der Waals surface area contributed by atoms with E-state index in [1.54, 1.807) is 0 Å². The Morgan fingerprint density at radius 2 is 1.71 bits per heavy atom. The summed E-state index contributed by atoms with van der Waals surface area (Å²) in [7, 11) is 0. The lowest BCUT2D eigenvalue weighted by Gasteiger charge is -2.28. The summed E-state index contributed by atoms with van der Waals surface area (Å²) in [5.41, 5.74) is -0.501. The number of esters is 2. The first-order valence-corrected chi connectivity index (χ1v) is 7.71. The second-order valence-corrected chi connectivity index (χ2v) is 7.28. The molecule has 2 saturated carbocycles. The molecule has 120 valence electrons. The molecular formula is C16H26O5. The molecule has 2 fully saturated rings. The summed E-state index contributed by atoms with van der Waals surface area (Å²) >= 11 is 0. The van der Waals surface area contributed by atoms with Crippen LogP contribution in [0.1, 0.15) is 40.5 Å². The van der Waals surface area contributed by atoms with E-state index < -0.39 is 5.60 Å². The number of ether oxygens (including phenoxy) is 2. The maximum atomic E-state index is 12.5. The van der Waals surface area contributed by atoms with Gasteiger partial charge in [0.05, 0.1) is 12.5 Å². The molecule has 0 spiro atoms. The first kappa shape index (κ1) is 16.3. The lowest BCUT2D eigenvalue weighted by Crippen LogP contribution is -2.31. The molecule has 0 aromatic heterocycles. The molecule has 5 heteroatoms. The van der Waals surface area contributed by atoms with Crippen LogP contribution in [0.15, 0.2) is 0 Å². The largest absolute Gasteiger partial charge is 0.466 e. The molecule has 5 atom stereocenters. The molecule has 2 aliphatic carbocycles. The Hall–Kier alpha value is -1.10. The van der Waals surface area contributed by atoms with Gasteiger partial charge in [-0.2, -0.15) is 0 Å². The Bertz CT molecular complexity index is 411. The van der Waals surface area contributed by atoms with E-state index in [1.165, 1.54) is 6.92 Å². The van der Waals surface area contributed by atoms with Gasteiger partial charge in [0.25, 0.3) is 0 Å². The quantitative estimate of drug-likeness (QED) is 0.801. The Morgan fingerprint density at radius 3 is 2.19 bits per heavy atom. The molecule has 0 saturated heterocycles. The van der Waals surface area contributed by atoms with Gasteiger partial charge in [0.1, 0.15) is 5.60 Å². The molecule has 0 heterocycles. The second-order valence-electron chi connectivity index (χ2n) is 7.28. The Morgan fingerprint density at radius 1 is 1.14 bits per heavy atom. The molecule has 2 bridgehead atoms. The highest BCUT2D eigenvalue weighted by Crippen LogP contribution is 2.56. The highest BCUT2D eigenvalue weighted by Gasteiger charge is 2.58. The molecule has 0 aliphatic heterocycles. The summed E-state index contributed by atoms with van der Waals surface area (Å²) in [4.78, 5) is 23.5. The summed E-state index contributed by atoms with van der Waals surface area (Å²) in [5, 5.41) is 9.66. The summed E-state index contributed by atoms with van der Waals surface area (Å²) in [5.74, 6) is -0.253. The smallest absolute Gasteiger partial charge is 0.310 e. The lowest BCUT2D eigenvalue weighted by molar-refractivity contribution is -0.162. The van der Waals surface area contributed by atoms with Crippen LogP contribution < -0.4 is 0 Å². The van der Waals surface area contributed by atoms with E-state index in [0.717, 1.165) is 12.8 Å². The second kappa shape index (κ2) is 5.95. The SMILES string of the molecule is CC(=O)OC[C@H]1[C@@H](CO)[C@@H]2CC[C@H]1C2C(=O)OC(C)(C)C. The van der Waals surface area contributed by atoms with Crippen molar-refractivity contribution in [3.05, 3.63) is 0 Å². The van der Waals surface area contributed by atoms with E-state index in [-0.39, 0.29) is 48.1 Å². The van der Waals surface area contributed by atoms with Gasteiger partial charge >= 0.3 is 11.9 Å². The highest BCUT2D eigenvalue weighted by molar-refractivity contribution is 5.74. The molecule has 2 rings (SSSR count). The maximum Gasteiger partial charge on any atom is 0.310 e. The monoisotopic (exact) mass is 298 g/mol. The first-order valence-electron chi connectivity index (χ1n) is 7.71. The van der Waals surface area contributed by atoms with Crippen molar-refractivity contribution >= 4 is 11.9 Å². The number of fused-ring (bicyclic) bond motifs is 2. The van der Waals surface area contributed by atoms with E-state index in [1.807, 2.05) is 20.8 Å². The van der Waals surface area contributed by atoms with Crippen LogP contribution in [-0.4, -0.2) is 35.9 Å². The van der Waals surface area contributed by atoms with Gasteiger partial charge in [0, 0.05) is 19.4 Å². The topological polar surface area (TPSA) is 72.8 Å². The van der Waals surface area contributed by atoms with Gasteiger partial charge in [-0.3, -0.25) is 9.59 Å². The third kappa shape index (κ3) is 3.39. The molecular weight excluding hydrogens is 272 g/mol. The van der Waals surface area contributed by atoms with Gasteiger partial charge in [0.15, 0.2) is 0 Å². The molecule has 2 aliphatic rings. The predicted octanol–water partition coefficient (Wildman–Crippen LogP) is 1.77. The normalized spacial score (nSPS) is 34.8. The van der Waals surface area contributed by atoms with Crippen molar-refractivity contribution in [2.75, 3.05) is 13.2 Å². The van der Waals surface area contributed by atoms with Crippen molar-refractivity contribution in [1.29, 1.82) is 0 Å². The van der Waals surface area contributed by atoms with Crippen LogP contribution in [0.25, 0.3) is 0 Å². The van der Waals surface area contributed by atoms with Crippen LogP contribution >= 0.6 is 0 Å². The summed E-state index contributed by atoms with van der Waals surface area (Å²) in [6.45, 7) is 7.30. The van der Waals surface area contributed by atoms with Crippen molar-refractivity contribution in [2.45, 2.75) is 46.1 Å². The molecule has 0 aromatic carbocycles. The summed E-state index contributed by atoms with van der Waals surface area (Å²) in [6.07, 6.45) is 1.88. The summed E-state index contributed by atoms with van der Waals surface area (Å²) < 4.78 is 10.7. The Labute approximate surface area is 126 Å². The minimum absolute atomic E-state index is 0.0284. The maximum absolute atomic E-state index is 12.5. The van der Waals surface area contributed by atoms with Gasteiger partial charge < -0.3 is 14.6 Å². The van der Waals surface area contributed by atoms with Crippen LogP contribution in [0.5, 0.6) is 0 Å². The van der Waals surface area contributed by atoms with Crippen LogP contribution in [0.3, 0.4) is 0 Å². The third-order valence-electron chi connectivity index (χ3n) is 4.77. The van der Waals surface area contributed by atoms with Gasteiger partial charge in [0.2, 0.25) is 0 Å². The van der Waals surface area contributed by atoms with Gasteiger partial charge in [-0.15, -0.1) is 0 Å². The van der Waals surface area contributed by atoms with Crippen LogP contribution in [0, 0.1) is 29.6 Å². The molecule has 0 amide bonds. The molecule has 5 nitrogen and oxygen atoms in total. The van der Waals surface area contributed by atoms with Crippen molar-refractivity contribution < 1.29 is 24.2 Å². The van der Waals surface area contributed by atoms with E-state index in [4.69, 9.17) is 9.47 Å². The minimum Gasteiger partial charge on any atom is -0.466 e. The standard InChI is InChI=1S/C16H26O5/c1-9(18)20-8-13-11-6-5-10(12(13)7-17)14(11)15(19)21-16(2,3)4/h10-14,17H,5-8H2,1-4H3/t10-,11+,12-,13+,14?/m0/s1. The van der Waals surface area contributed by atoms with Gasteiger partial charge in [-0.25, -0.2) is 0 Å². The van der Waals surface area contributed by atoms with Crippen molar-refractivity contribution in [1.82, 2.24) is 0 Å². The molecule has 0 radical (unpaired) electrons. The Balaban J connectivity index is 2.10. The number of rotatable bonds is 4. The van der Waals surface area contributed by atoms with E-state index in [2.05, 4.69) is 0 Å². The average Bonchev–Trinajstić information content (AvgIpc) is 2.88. The van der Waals surface area contributed by atoms with E-state index >= 15 is 0 Å². The van der Waals surface area contributed by atoms with Gasteiger partial charge in [-0.05, 0) is 51.4 Å². The van der Waals surface area contributed by atoms with Crippen molar-refractivity contribution in [2.24, 2.45) is 29.6 Å². The fourth-order valence-electron chi connectivity index (χ4n) is 4.11. The number of aliphatic hydroxyl groups excluding tert-OH is 1. The molecule has 0 aromatic rings. The number of aliphatic hydroxyl groups is 1. The number of carbonyl (C=O) groups is 2. The van der Waals surface area contributed by atoms with E-state index in [0.29, 0.717) is 6.61 Å². The van der Waals surface area contributed by atoms with Crippen LogP contribution in [0.4, 0.5) is 0 Å². The first-order chi connectivity index (χ1) is 9.74. The predicted molar refractivity (Wildman–Crippen MR) is 76.2 cm³/mol. The molecule has 1 unspecified atom stereocenters. The van der Waals surface area contributed by atoms with Crippen molar-refractivity contribution in [3.8, 4) is 0 Å². The zero-order valence-corrected chi connectivity index (χ0v) is 13.3. The third-order valence-corrected chi connectivity index (χ3v) is 4.77. The summed E-state index contributed by atoms with van der Waals surface area (Å²) in [6, 6.07) is 0. The highest BCUT2D eigenvalue weighted by atomic mass is 16.6. The number of carbonyl (C=O) groups excluding carboxylic acids is 2. The zero-order chi connectivity index (χ0) is 15.8. The van der Waals surface area contributed by atoms with E-state index in [9.17, 15) is 14.7 Å². The average molecular weight is 298 g/mol. The lowest BCUT2D eigenvalue weighted by atomic mass is 9.80. The van der Waals surface area contributed by atoms with Crippen molar-refractivity contribution in [3.63, 3.8) is 0 Å².